The van der Waals surface area contributed by atoms with E-state index in [2.05, 4.69) is 48.3 Å². The molecule has 0 aromatic heterocycles. The van der Waals surface area contributed by atoms with E-state index in [1.54, 1.807) is 0 Å². The van der Waals surface area contributed by atoms with Crippen LogP contribution in [0.1, 0.15) is 11.1 Å². The van der Waals surface area contributed by atoms with Crippen LogP contribution in [-0.4, -0.2) is 32.3 Å². The van der Waals surface area contributed by atoms with E-state index < -0.39 is 0 Å². The molecule has 1 rings (SSSR count). The topological polar surface area (TPSA) is 15.6 Å². The Morgan fingerprint density at radius 3 is 2.43 bits per heavy atom. The molecule has 0 saturated carbocycles. The summed E-state index contributed by atoms with van der Waals surface area (Å²) in [5.74, 6) is 0. The molecule has 0 atom stereocenters. The third kappa shape index (κ3) is 3.30. The van der Waals surface area contributed by atoms with Crippen molar-refractivity contribution < 1.29 is 0 Å². The van der Waals surface area contributed by atoms with Gasteiger partial charge in [-0.15, -0.1) is 0 Å². The van der Waals surface area contributed by atoms with Crippen LogP contribution in [0, 0.1) is 0 Å². The van der Waals surface area contributed by atoms with Crippen molar-refractivity contribution in [2.24, 2.45) is 4.99 Å². The van der Waals surface area contributed by atoms with Gasteiger partial charge in [-0.25, -0.2) is 0 Å². The molecule has 1 aromatic carbocycles. The van der Waals surface area contributed by atoms with Crippen LogP contribution in [0.2, 0.25) is 0 Å². The Morgan fingerprint density at radius 1 is 1.21 bits per heavy atom. The predicted octanol–water partition coefficient (Wildman–Crippen LogP) is 1.99. The summed E-state index contributed by atoms with van der Waals surface area (Å²) in [7, 11) is 5.99. The predicted molar refractivity (Wildman–Crippen MR) is 62.0 cm³/mol. The van der Waals surface area contributed by atoms with E-state index in [1.807, 2.05) is 13.3 Å². The molecule has 0 unspecified atom stereocenters. The Morgan fingerprint density at radius 2 is 1.86 bits per heavy atom. The van der Waals surface area contributed by atoms with Crippen molar-refractivity contribution in [1.29, 1.82) is 0 Å². The van der Waals surface area contributed by atoms with E-state index in [4.69, 9.17) is 0 Å². The van der Waals surface area contributed by atoms with Gasteiger partial charge in [-0.05, 0) is 25.2 Å². The van der Waals surface area contributed by atoms with Crippen molar-refractivity contribution in [2.75, 3.05) is 21.1 Å². The van der Waals surface area contributed by atoms with Crippen LogP contribution in [0.4, 0.5) is 0 Å². The number of nitrogens with zero attached hydrogens (tertiary/aromatic N) is 2. The minimum absolute atomic E-state index is 0.931. The molecule has 0 fully saturated rings. The zero-order chi connectivity index (χ0) is 10.4. The molecule has 0 amide bonds. The smallest absolute Gasteiger partial charge is 0.0273 e. The average Bonchev–Trinajstić information content (AvgIpc) is 2.16. The van der Waals surface area contributed by atoms with Gasteiger partial charge in [0.2, 0.25) is 0 Å². The van der Waals surface area contributed by atoms with E-state index in [1.165, 1.54) is 11.1 Å². The first-order valence-corrected chi connectivity index (χ1v) is 4.86. The number of hydrogen-bond acceptors (Lipinski definition) is 2. The fourth-order valence-corrected chi connectivity index (χ4v) is 1.44. The van der Waals surface area contributed by atoms with Gasteiger partial charge >= 0.3 is 0 Å². The molecule has 14 heavy (non-hydrogen) atoms. The molecule has 0 aliphatic rings. The molecule has 2 heteroatoms. The van der Waals surface area contributed by atoms with Gasteiger partial charge in [-0.3, -0.25) is 0 Å². The number of benzene rings is 1. The lowest BCUT2D eigenvalue weighted by Crippen LogP contribution is -2.12. The number of rotatable bonds is 4. The molecular weight excluding hydrogens is 172 g/mol. The third-order valence-corrected chi connectivity index (χ3v) is 2.10. The molecule has 0 aliphatic heterocycles. The van der Waals surface area contributed by atoms with Crippen molar-refractivity contribution in [3.8, 4) is 0 Å². The Kier molecular flexibility index (Phi) is 4.33. The monoisotopic (exact) mass is 190 g/mol. The largest absolute Gasteiger partial charge is 0.305 e. The maximum absolute atomic E-state index is 4.01. The summed E-state index contributed by atoms with van der Waals surface area (Å²) in [6.07, 6.45) is 2.88. The van der Waals surface area contributed by atoms with Crippen LogP contribution in [0.5, 0.6) is 0 Å². The SMILES string of the molecule is CN=CCc1ccccc1CN(C)C. The van der Waals surface area contributed by atoms with E-state index in [0.717, 1.165) is 13.0 Å². The zero-order valence-electron chi connectivity index (χ0n) is 9.20. The molecule has 0 spiro atoms. The molecule has 0 N–H and O–H groups in total. The highest BCUT2D eigenvalue weighted by Crippen LogP contribution is 2.10. The fraction of sp³-hybridized carbons (Fsp3) is 0.417. The molecular formula is C12H18N2. The second-order valence-corrected chi connectivity index (χ2v) is 3.65. The first-order valence-electron chi connectivity index (χ1n) is 4.86. The molecule has 0 heterocycles. The summed E-state index contributed by atoms with van der Waals surface area (Å²) in [5, 5.41) is 0. The van der Waals surface area contributed by atoms with Crippen molar-refractivity contribution >= 4 is 6.21 Å². The van der Waals surface area contributed by atoms with Gasteiger partial charge < -0.3 is 9.89 Å². The van der Waals surface area contributed by atoms with E-state index in [9.17, 15) is 0 Å². The van der Waals surface area contributed by atoms with Gasteiger partial charge in [-0.2, -0.15) is 0 Å². The van der Waals surface area contributed by atoms with Gasteiger partial charge in [0.25, 0.3) is 0 Å². The van der Waals surface area contributed by atoms with Crippen LogP contribution < -0.4 is 0 Å². The van der Waals surface area contributed by atoms with Gasteiger partial charge in [0.15, 0.2) is 0 Å². The zero-order valence-corrected chi connectivity index (χ0v) is 9.20. The van der Waals surface area contributed by atoms with Crippen LogP contribution in [0.3, 0.4) is 0 Å². The molecule has 0 bridgehead atoms. The first-order chi connectivity index (χ1) is 6.74. The van der Waals surface area contributed by atoms with Crippen LogP contribution >= 0.6 is 0 Å². The fourth-order valence-electron chi connectivity index (χ4n) is 1.44. The maximum Gasteiger partial charge on any atom is 0.0273 e. The summed E-state index contributed by atoms with van der Waals surface area (Å²) in [4.78, 5) is 6.20. The number of aliphatic imine (C=N–C) groups is 1. The van der Waals surface area contributed by atoms with Gasteiger partial charge in [0, 0.05) is 26.2 Å². The Labute approximate surface area is 86.3 Å². The second-order valence-electron chi connectivity index (χ2n) is 3.65. The van der Waals surface area contributed by atoms with Crippen LogP contribution in [0.15, 0.2) is 29.3 Å². The van der Waals surface area contributed by atoms with Crippen molar-refractivity contribution in [2.45, 2.75) is 13.0 Å². The van der Waals surface area contributed by atoms with Crippen molar-refractivity contribution in [1.82, 2.24) is 4.90 Å². The summed E-state index contributed by atoms with van der Waals surface area (Å²) in [5.41, 5.74) is 2.75. The highest BCUT2D eigenvalue weighted by molar-refractivity contribution is 5.62. The molecule has 1 aromatic rings. The van der Waals surface area contributed by atoms with E-state index >= 15 is 0 Å². The quantitative estimate of drug-likeness (QED) is 0.663. The van der Waals surface area contributed by atoms with Crippen LogP contribution in [-0.2, 0) is 13.0 Å². The summed E-state index contributed by atoms with van der Waals surface area (Å²) < 4.78 is 0. The van der Waals surface area contributed by atoms with Crippen LogP contribution in [0.25, 0.3) is 0 Å². The average molecular weight is 190 g/mol. The van der Waals surface area contributed by atoms with Gasteiger partial charge in [-0.1, -0.05) is 24.3 Å². The van der Waals surface area contributed by atoms with Crippen molar-refractivity contribution in [3.63, 3.8) is 0 Å². The van der Waals surface area contributed by atoms with Gasteiger partial charge in [0.1, 0.15) is 0 Å². The standard InChI is InChI=1S/C12H18N2/c1-13-9-8-11-6-4-5-7-12(11)10-14(2)3/h4-7,9H,8,10H2,1-3H3. The Bertz CT molecular complexity index is 303. The Balaban J connectivity index is 2.79. The van der Waals surface area contributed by atoms with Crippen molar-refractivity contribution in [3.05, 3.63) is 35.4 Å². The first kappa shape index (κ1) is 10.9. The highest BCUT2D eigenvalue weighted by Gasteiger charge is 2.00. The minimum Gasteiger partial charge on any atom is -0.305 e. The summed E-state index contributed by atoms with van der Waals surface area (Å²) in [6.45, 7) is 0.994. The lowest BCUT2D eigenvalue weighted by molar-refractivity contribution is 0.401. The minimum atomic E-state index is 0.931. The lowest BCUT2D eigenvalue weighted by Gasteiger charge is -2.12. The normalized spacial score (nSPS) is 11.4. The maximum atomic E-state index is 4.01. The van der Waals surface area contributed by atoms with E-state index in [0.29, 0.717) is 0 Å². The molecule has 0 radical (unpaired) electrons. The third-order valence-electron chi connectivity index (χ3n) is 2.10. The van der Waals surface area contributed by atoms with Gasteiger partial charge in [0.05, 0.1) is 0 Å². The molecule has 76 valence electrons. The Hall–Kier alpha value is -1.15. The second kappa shape index (κ2) is 5.55. The molecule has 0 saturated heterocycles. The summed E-state index contributed by atoms with van der Waals surface area (Å²) >= 11 is 0. The lowest BCUT2D eigenvalue weighted by atomic mass is 10.0. The molecule has 2 nitrogen and oxygen atoms in total. The van der Waals surface area contributed by atoms with E-state index in [-0.39, 0.29) is 0 Å². The number of hydrogen-bond donors (Lipinski definition) is 0. The highest BCUT2D eigenvalue weighted by atomic mass is 15.0. The molecule has 0 aliphatic carbocycles. The summed E-state index contributed by atoms with van der Waals surface area (Å²) in [6, 6.07) is 8.52.